The third-order valence-corrected chi connectivity index (χ3v) is 7.55. The minimum Gasteiger partial charge on any atom is -0.495 e. The maximum atomic E-state index is 13.0. The van der Waals surface area contributed by atoms with Gasteiger partial charge >= 0.3 is 0 Å². The Bertz CT molecular complexity index is 815. The van der Waals surface area contributed by atoms with E-state index in [-0.39, 0.29) is 47.1 Å². The lowest BCUT2D eigenvalue weighted by Gasteiger charge is -2.34. The van der Waals surface area contributed by atoms with Gasteiger partial charge in [0, 0.05) is 25.2 Å². The van der Waals surface area contributed by atoms with E-state index in [0.29, 0.717) is 6.54 Å². The van der Waals surface area contributed by atoms with Crippen molar-refractivity contribution in [3.05, 3.63) is 18.2 Å². The maximum absolute atomic E-state index is 13.0. The van der Waals surface area contributed by atoms with Crippen molar-refractivity contribution in [2.75, 3.05) is 30.7 Å². The standard InChI is InChI=1S/C15H25N3O5S2.ClH/c1-3-24(19,20)17-12-7-8-15(14(10-12)23-2)25(21,22)18-9-5-4-6-13(18)11-16;/h7-8,10,13,17H,3-6,9,11,16H2,1-2H3;1H. The molecule has 3 N–H and O–H groups in total. The minimum atomic E-state index is -3.78. The average Bonchev–Trinajstić information content (AvgIpc) is 2.61. The number of benzene rings is 1. The summed E-state index contributed by atoms with van der Waals surface area (Å²) in [6, 6.07) is 3.93. The smallest absolute Gasteiger partial charge is 0.247 e. The van der Waals surface area contributed by atoms with Gasteiger partial charge in [-0.2, -0.15) is 4.31 Å². The number of ether oxygens (including phenoxy) is 1. The fourth-order valence-electron chi connectivity index (χ4n) is 2.85. The van der Waals surface area contributed by atoms with Crippen molar-refractivity contribution < 1.29 is 21.6 Å². The predicted molar refractivity (Wildman–Crippen MR) is 104 cm³/mol. The number of sulfonamides is 2. The van der Waals surface area contributed by atoms with Crippen LogP contribution in [-0.4, -0.2) is 53.1 Å². The molecule has 0 bridgehead atoms. The highest BCUT2D eigenvalue weighted by molar-refractivity contribution is 7.92. The van der Waals surface area contributed by atoms with E-state index in [1.807, 2.05) is 0 Å². The van der Waals surface area contributed by atoms with Crippen LogP contribution < -0.4 is 15.2 Å². The van der Waals surface area contributed by atoms with Crippen LogP contribution in [0.5, 0.6) is 5.75 Å². The number of nitrogens with zero attached hydrogens (tertiary/aromatic N) is 1. The van der Waals surface area contributed by atoms with Gasteiger partial charge in [-0.1, -0.05) is 6.42 Å². The second-order valence-electron chi connectivity index (χ2n) is 5.87. The van der Waals surface area contributed by atoms with Crippen LogP contribution >= 0.6 is 12.4 Å². The van der Waals surface area contributed by atoms with Gasteiger partial charge in [0.1, 0.15) is 10.6 Å². The highest BCUT2D eigenvalue weighted by atomic mass is 35.5. The second kappa shape index (κ2) is 9.23. The summed E-state index contributed by atoms with van der Waals surface area (Å²) in [7, 11) is -5.89. The average molecular weight is 428 g/mol. The number of nitrogens with two attached hydrogens (primary N) is 1. The molecule has 0 saturated carbocycles. The molecule has 26 heavy (non-hydrogen) atoms. The molecule has 0 aromatic heterocycles. The molecule has 1 unspecified atom stereocenters. The number of hydrogen-bond donors (Lipinski definition) is 2. The number of piperidine rings is 1. The molecule has 1 saturated heterocycles. The molecule has 150 valence electrons. The van der Waals surface area contributed by atoms with E-state index in [2.05, 4.69) is 4.72 Å². The fourth-order valence-corrected chi connectivity index (χ4v) is 5.32. The van der Waals surface area contributed by atoms with E-state index in [1.54, 1.807) is 0 Å². The van der Waals surface area contributed by atoms with Gasteiger partial charge in [-0.05, 0) is 31.9 Å². The van der Waals surface area contributed by atoms with Crippen LogP contribution in [0.2, 0.25) is 0 Å². The molecular formula is C15H26ClN3O5S2. The third-order valence-electron chi connectivity index (χ3n) is 4.25. The Labute approximate surface area is 161 Å². The first-order chi connectivity index (χ1) is 11.7. The number of hydrogen-bond acceptors (Lipinski definition) is 6. The van der Waals surface area contributed by atoms with E-state index in [9.17, 15) is 16.8 Å². The lowest BCUT2D eigenvalue weighted by Crippen LogP contribution is -2.47. The lowest BCUT2D eigenvalue weighted by molar-refractivity contribution is 0.256. The second-order valence-corrected chi connectivity index (χ2v) is 9.74. The van der Waals surface area contributed by atoms with E-state index in [0.717, 1.165) is 19.3 Å². The fraction of sp³-hybridized carbons (Fsp3) is 0.600. The van der Waals surface area contributed by atoms with Crippen molar-refractivity contribution in [3.63, 3.8) is 0 Å². The molecule has 1 fully saturated rings. The monoisotopic (exact) mass is 427 g/mol. The summed E-state index contributed by atoms with van der Waals surface area (Å²) < 4.78 is 58.5. The largest absolute Gasteiger partial charge is 0.495 e. The molecule has 0 radical (unpaired) electrons. The zero-order valence-electron chi connectivity index (χ0n) is 14.8. The highest BCUT2D eigenvalue weighted by Crippen LogP contribution is 2.33. The van der Waals surface area contributed by atoms with Crippen molar-refractivity contribution in [2.45, 2.75) is 37.1 Å². The summed E-state index contributed by atoms with van der Waals surface area (Å²) in [6.07, 6.45) is 2.46. The van der Waals surface area contributed by atoms with Crippen LogP contribution in [-0.2, 0) is 20.0 Å². The van der Waals surface area contributed by atoms with Gasteiger partial charge in [0.15, 0.2) is 0 Å². The Kier molecular flexibility index (Phi) is 8.15. The number of nitrogens with one attached hydrogen (secondary N) is 1. The van der Waals surface area contributed by atoms with Crippen molar-refractivity contribution in [1.29, 1.82) is 0 Å². The van der Waals surface area contributed by atoms with Crippen LogP contribution in [0.1, 0.15) is 26.2 Å². The molecule has 0 amide bonds. The van der Waals surface area contributed by atoms with Crippen molar-refractivity contribution in [2.24, 2.45) is 5.73 Å². The molecule has 1 heterocycles. The minimum absolute atomic E-state index is 0. The van der Waals surface area contributed by atoms with Crippen molar-refractivity contribution in [1.82, 2.24) is 4.31 Å². The molecule has 1 aliphatic heterocycles. The van der Waals surface area contributed by atoms with Gasteiger partial charge in [-0.25, -0.2) is 16.8 Å². The van der Waals surface area contributed by atoms with Crippen LogP contribution in [0, 0.1) is 0 Å². The Hall–Kier alpha value is -1.07. The Morgan fingerprint density at radius 3 is 2.54 bits per heavy atom. The molecule has 11 heteroatoms. The molecule has 1 aromatic carbocycles. The van der Waals surface area contributed by atoms with Crippen LogP contribution in [0.4, 0.5) is 5.69 Å². The normalized spacial score (nSPS) is 18.8. The summed E-state index contributed by atoms with van der Waals surface area (Å²) in [6.45, 7) is 2.19. The van der Waals surface area contributed by atoms with E-state index < -0.39 is 20.0 Å². The molecule has 1 atom stereocenters. The third kappa shape index (κ3) is 5.01. The van der Waals surface area contributed by atoms with Gasteiger partial charge in [-0.3, -0.25) is 4.72 Å². The Balaban J connectivity index is 0.00000338. The number of rotatable bonds is 7. The van der Waals surface area contributed by atoms with Gasteiger partial charge in [0.05, 0.1) is 18.6 Å². The van der Waals surface area contributed by atoms with Crippen molar-refractivity contribution in [3.8, 4) is 5.75 Å². The molecule has 0 aliphatic carbocycles. The van der Waals surface area contributed by atoms with Crippen molar-refractivity contribution >= 4 is 38.1 Å². The summed E-state index contributed by atoms with van der Waals surface area (Å²) >= 11 is 0. The molecule has 1 aliphatic rings. The van der Waals surface area contributed by atoms with Gasteiger partial charge in [0.25, 0.3) is 0 Å². The summed E-state index contributed by atoms with van der Waals surface area (Å²) in [5.74, 6) is 0.0130. The lowest BCUT2D eigenvalue weighted by atomic mass is 10.1. The number of halogens is 1. The first kappa shape index (κ1) is 23.0. The first-order valence-corrected chi connectivity index (χ1v) is 11.2. The predicted octanol–water partition coefficient (Wildman–Crippen LogP) is 1.38. The maximum Gasteiger partial charge on any atom is 0.247 e. The van der Waals surface area contributed by atoms with E-state index >= 15 is 0 Å². The zero-order chi connectivity index (χ0) is 18.7. The van der Waals surface area contributed by atoms with Crippen LogP contribution in [0.3, 0.4) is 0 Å². The van der Waals surface area contributed by atoms with E-state index in [1.165, 1.54) is 36.5 Å². The molecule has 0 spiro atoms. The SMILES string of the molecule is CCS(=O)(=O)Nc1ccc(S(=O)(=O)N2CCCCC2CN)c(OC)c1.Cl. The Morgan fingerprint density at radius 1 is 1.27 bits per heavy atom. The van der Waals surface area contributed by atoms with Gasteiger partial charge < -0.3 is 10.5 Å². The molecule has 2 rings (SSSR count). The molecule has 8 nitrogen and oxygen atoms in total. The van der Waals surface area contributed by atoms with Gasteiger partial charge in [0.2, 0.25) is 20.0 Å². The highest BCUT2D eigenvalue weighted by Gasteiger charge is 2.34. The van der Waals surface area contributed by atoms with Crippen LogP contribution in [0.15, 0.2) is 23.1 Å². The van der Waals surface area contributed by atoms with Gasteiger partial charge in [-0.15, -0.1) is 12.4 Å². The zero-order valence-corrected chi connectivity index (χ0v) is 17.3. The Morgan fingerprint density at radius 2 is 1.96 bits per heavy atom. The summed E-state index contributed by atoms with van der Waals surface area (Å²) in [4.78, 5) is 0.00907. The molecular weight excluding hydrogens is 402 g/mol. The number of methoxy groups -OCH3 is 1. The first-order valence-electron chi connectivity index (χ1n) is 8.15. The van der Waals surface area contributed by atoms with E-state index in [4.69, 9.17) is 10.5 Å². The topological polar surface area (TPSA) is 119 Å². The summed E-state index contributed by atoms with van der Waals surface area (Å²) in [5.41, 5.74) is 5.99. The number of anilines is 1. The quantitative estimate of drug-likeness (QED) is 0.678. The molecule has 1 aromatic rings. The summed E-state index contributed by atoms with van der Waals surface area (Å²) in [5, 5.41) is 0. The van der Waals surface area contributed by atoms with Crippen LogP contribution in [0.25, 0.3) is 0 Å².